The van der Waals surface area contributed by atoms with E-state index in [9.17, 15) is 9.59 Å². The first kappa shape index (κ1) is 13.5. The van der Waals surface area contributed by atoms with Crippen molar-refractivity contribution < 1.29 is 19.1 Å². The highest BCUT2D eigenvalue weighted by Gasteiger charge is 2.68. The van der Waals surface area contributed by atoms with Crippen LogP contribution in [0.25, 0.3) is 0 Å². The van der Waals surface area contributed by atoms with Crippen molar-refractivity contribution in [1.29, 1.82) is 0 Å². The van der Waals surface area contributed by atoms with Gasteiger partial charge in [0.05, 0.1) is 11.7 Å². The van der Waals surface area contributed by atoms with E-state index < -0.39 is 17.8 Å². The molecule has 3 aliphatic heterocycles. The van der Waals surface area contributed by atoms with Gasteiger partial charge in [-0.05, 0) is 18.1 Å². The minimum Gasteiger partial charge on any atom is -0.399 e. The van der Waals surface area contributed by atoms with Crippen molar-refractivity contribution >= 4 is 35.4 Å². The van der Waals surface area contributed by atoms with E-state index in [4.69, 9.17) is 9.47 Å². The number of rotatable bonds is 3. The molecule has 7 nitrogen and oxygen atoms in total. The molecule has 3 atom stereocenters. The second kappa shape index (κ2) is 4.65. The van der Waals surface area contributed by atoms with Crippen LogP contribution in [-0.2, 0) is 19.1 Å². The highest BCUT2D eigenvalue weighted by Crippen LogP contribution is 2.55. The third kappa shape index (κ3) is 1.77. The number of carbonyl (C=O) groups excluding carboxylic acids is 2. The molecule has 0 N–H and O–H groups in total. The predicted octanol–water partition coefficient (Wildman–Crippen LogP) is 0.823. The lowest BCUT2D eigenvalue weighted by molar-refractivity contribution is -0.249. The zero-order valence-corrected chi connectivity index (χ0v) is 12.9. The SMILES string of the molecule is CCSc1nsnc1C1C2CCN(C2)C12OC(=O)C(=O)O2. The molecule has 0 amide bonds. The van der Waals surface area contributed by atoms with Crippen LogP contribution in [0.3, 0.4) is 0 Å². The van der Waals surface area contributed by atoms with Gasteiger partial charge < -0.3 is 9.47 Å². The van der Waals surface area contributed by atoms with E-state index in [-0.39, 0.29) is 11.8 Å². The van der Waals surface area contributed by atoms with Gasteiger partial charge >= 0.3 is 17.8 Å². The van der Waals surface area contributed by atoms with Crippen LogP contribution in [-0.4, -0.2) is 50.3 Å². The van der Waals surface area contributed by atoms with Gasteiger partial charge in [0.1, 0.15) is 16.6 Å². The van der Waals surface area contributed by atoms with Gasteiger partial charge in [-0.3, -0.25) is 0 Å². The predicted molar refractivity (Wildman–Crippen MR) is 73.6 cm³/mol. The molecule has 2 bridgehead atoms. The van der Waals surface area contributed by atoms with E-state index >= 15 is 0 Å². The van der Waals surface area contributed by atoms with Crippen molar-refractivity contribution in [3.05, 3.63) is 5.69 Å². The van der Waals surface area contributed by atoms with E-state index in [0.717, 1.165) is 47.7 Å². The monoisotopic (exact) mass is 327 g/mol. The summed E-state index contributed by atoms with van der Waals surface area (Å²) in [5, 5.41) is 0.847. The Balaban J connectivity index is 1.77. The summed E-state index contributed by atoms with van der Waals surface area (Å²) in [4.78, 5) is 25.1. The van der Waals surface area contributed by atoms with E-state index in [1.807, 2.05) is 11.8 Å². The number of fused-ring (bicyclic) bond motifs is 3. The molecule has 1 spiro atoms. The van der Waals surface area contributed by atoms with Gasteiger partial charge in [0, 0.05) is 13.1 Å². The number of hydrogen-bond acceptors (Lipinski definition) is 9. The fourth-order valence-electron chi connectivity index (χ4n) is 3.47. The highest BCUT2D eigenvalue weighted by atomic mass is 32.2. The van der Waals surface area contributed by atoms with Crippen molar-refractivity contribution in [3.63, 3.8) is 0 Å². The van der Waals surface area contributed by atoms with Crippen molar-refractivity contribution in [2.45, 2.75) is 30.2 Å². The maximum Gasteiger partial charge on any atom is 0.421 e. The smallest absolute Gasteiger partial charge is 0.399 e. The van der Waals surface area contributed by atoms with Gasteiger partial charge in [0.2, 0.25) is 0 Å². The van der Waals surface area contributed by atoms with Gasteiger partial charge in [0.25, 0.3) is 0 Å². The van der Waals surface area contributed by atoms with Crippen LogP contribution in [0.1, 0.15) is 25.0 Å². The molecule has 3 unspecified atom stereocenters. The Hall–Kier alpha value is -1.19. The van der Waals surface area contributed by atoms with Crippen LogP contribution in [0.15, 0.2) is 5.03 Å². The maximum absolute atomic E-state index is 11.6. The fourth-order valence-corrected chi connectivity index (χ4v) is 4.93. The molecule has 3 fully saturated rings. The summed E-state index contributed by atoms with van der Waals surface area (Å²) in [6, 6.07) is 0. The maximum atomic E-state index is 11.6. The van der Waals surface area contributed by atoms with E-state index in [2.05, 4.69) is 8.75 Å². The number of carbonyl (C=O) groups is 2. The highest BCUT2D eigenvalue weighted by molar-refractivity contribution is 7.99. The molecule has 0 aromatic carbocycles. The van der Waals surface area contributed by atoms with Gasteiger partial charge in [-0.25, -0.2) is 14.5 Å². The molecule has 4 heterocycles. The van der Waals surface area contributed by atoms with E-state index in [0.29, 0.717) is 0 Å². The summed E-state index contributed by atoms with van der Waals surface area (Å²) in [5.74, 6) is -2.22. The molecule has 1 aromatic heterocycles. The molecule has 112 valence electrons. The largest absolute Gasteiger partial charge is 0.421 e. The molecular weight excluding hydrogens is 314 g/mol. The number of aromatic nitrogens is 2. The van der Waals surface area contributed by atoms with E-state index in [1.165, 1.54) is 0 Å². The van der Waals surface area contributed by atoms with E-state index in [1.54, 1.807) is 11.8 Å². The summed E-state index contributed by atoms with van der Waals surface area (Å²) in [7, 11) is 0. The summed E-state index contributed by atoms with van der Waals surface area (Å²) in [6.45, 7) is 3.55. The average molecular weight is 327 g/mol. The normalized spacial score (nSPS) is 32.7. The lowest BCUT2D eigenvalue weighted by Crippen LogP contribution is -2.50. The Bertz CT molecular complexity index is 603. The third-order valence-corrected chi connectivity index (χ3v) is 5.75. The Morgan fingerprint density at radius 2 is 2.14 bits per heavy atom. The minimum absolute atomic E-state index is 0.241. The summed E-state index contributed by atoms with van der Waals surface area (Å²) < 4.78 is 19.5. The van der Waals surface area contributed by atoms with Crippen molar-refractivity contribution in [2.75, 3.05) is 18.8 Å². The first-order valence-corrected chi connectivity index (χ1v) is 8.54. The minimum atomic E-state index is -1.30. The second-order valence-corrected chi connectivity index (χ2v) is 7.05. The third-order valence-electron chi connectivity index (χ3n) is 4.23. The molecule has 0 radical (unpaired) electrons. The van der Waals surface area contributed by atoms with Crippen LogP contribution >= 0.6 is 23.5 Å². The van der Waals surface area contributed by atoms with Crippen molar-refractivity contribution in [3.8, 4) is 0 Å². The molecule has 1 aromatic rings. The standard InChI is InChI=1S/C12H13N3O4S2/c1-2-20-9-8(13-21-14-9)7-6-3-4-15(5-6)12(7)18-10(16)11(17)19-12/h6-7H,2-5H2,1H3. The second-order valence-electron chi connectivity index (χ2n) is 5.27. The molecule has 21 heavy (non-hydrogen) atoms. The molecular formula is C12H13N3O4S2. The molecule has 0 aliphatic carbocycles. The van der Waals surface area contributed by atoms with Crippen LogP contribution in [0, 0.1) is 5.92 Å². The first-order valence-electron chi connectivity index (χ1n) is 6.82. The zero-order valence-electron chi connectivity index (χ0n) is 11.3. The molecule has 9 heteroatoms. The number of esters is 2. The number of piperidine rings is 1. The first-order chi connectivity index (χ1) is 10.2. The Labute approximate surface area is 129 Å². The van der Waals surface area contributed by atoms with Gasteiger partial charge in [-0.1, -0.05) is 6.92 Å². The van der Waals surface area contributed by atoms with Crippen LogP contribution in [0.2, 0.25) is 0 Å². The molecule has 4 rings (SSSR count). The van der Waals surface area contributed by atoms with Crippen LogP contribution in [0.4, 0.5) is 0 Å². The number of hydrogen-bond donors (Lipinski definition) is 0. The summed E-state index contributed by atoms with van der Waals surface area (Å²) in [6.07, 6.45) is 0.981. The van der Waals surface area contributed by atoms with Gasteiger partial charge in [-0.15, -0.1) is 11.8 Å². The van der Waals surface area contributed by atoms with Crippen molar-refractivity contribution in [1.82, 2.24) is 13.6 Å². The Morgan fingerprint density at radius 1 is 1.38 bits per heavy atom. The Kier molecular flexibility index (Phi) is 2.98. The van der Waals surface area contributed by atoms with Crippen LogP contribution in [0.5, 0.6) is 0 Å². The number of ether oxygens (including phenoxy) is 2. The Morgan fingerprint density at radius 3 is 2.86 bits per heavy atom. The average Bonchev–Trinajstić information content (AvgIpc) is 3.17. The summed E-state index contributed by atoms with van der Waals surface area (Å²) in [5.41, 5.74) is 0.793. The topological polar surface area (TPSA) is 81.6 Å². The van der Waals surface area contributed by atoms with Crippen molar-refractivity contribution in [2.24, 2.45) is 5.92 Å². The molecule has 0 saturated carbocycles. The van der Waals surface area contributed by atoms with Crippen LogP contribution < -0.4 is 0 Å². The van der Waals surface area contributed by atoms with Gasteiger partial charge in [0.15, 0.2) is 0 Å². The molecule has 3 saturated heterocycles. The van der Waals surface area contributed by atoms with Gasteiger partial charge in [-0.2, -0.15) is 8.75 Å². The zero-order chi connectivity index (χ0) is 14.6. The number of nitrogens with zero attached hydrogens (tertiary/aromatic N) is 3. The fraction of sp³-hybridized carbons (Fsp3) is 0.667. The lowest BCUT2D eigenvalue weighted by atomic mass is 9.87. The quantitative estimate of drug-likeness (QED) is 0.458. The number of thioether (sulfide) groups is 1. The molecule has 3 aliphatic rings. The summed E-state index contributed by atoms with van der Waals surface area (Å²) >= 11 is 2.75. The lowest BCUT2D eigenvalue weighted by Gasteiger charge is -2.37.